The van der Waals surface area contributed by atoms with E-state index in [1.54, 1.807) is 67.6 Å². The number of rotatable bonds is 10. The Balaban J connectivity index is 1.38. The summed E-state index contributed by atoms with van der Waals surface area (Å²) in [5.74, 6) is 0.135. The van der Waals surface area contributed by atoms with Crippen molar-refractivity contribution >= 4 is 33.8 Å². The number of benzene rings is 3. The fourth-order valence-electron chi connectivity index (χ4n) is 3.90. The summed E-state index contributed by atoms with van der Waals surface area (Å²) < 4.78 is 37.0. The molecule has 0 unspecified atom stereocenters. The first-order valence-electron chi connectivity index (χ1n) is 12.5. The molecule has 206 valence electrons. The summed E-state index contributed by atoms with van der Waals surface area (Å²) >= 11 is 0. The molecule has 0 aliphatic heterocycles. The van der Waals surface area contributed by atoms with E-state index in [0.717, 1.165) is 22.9 Å². The molecule has 0 saturated heterocycles. The van der Waals surface area contributed by atoms with Crippen LogP contribution in [-0.2, 0) is 21.3 Å². The molecule has 3 aromatic carbocycles. The highest BCUT2D eigenvalue weighted by Gasteiger charge is 2.19. The molecule has 0 atom stereocenters. The molecule has 10 heteroatoms. The fraction of sp³-hybridized carbons (Fsp3) is 0.167. The van der Waals surface area contributed by atoms with Gasteiger partial charge in [0.15, 0.2) is 0 Å². The lowest BCUT2D eigenvalue weighted by molar-refractivity contribution is 0.0526. The maximum Gasteiger partial charge on any atom is 0.338 e. The van der Waals surface area contributed by atoms with Crippen LogP contribution in [0.4, 0.5) is 5.69 Å². The van der Waals surface area contributed by atoms with Crippen LogP contribution >= 0.6 is 0 Å². The van der Waals surface area contributed by atoms with E-state index in [0.29, 0.717) is 34.9 Å². The average molecular weight is 560 g/mol. The molecular formula is C30H29N3O6S. The number of carbonyl (C=O) groups is 2. The average Bonchev–Trinajstić information content (AvgIpc) is 3.41. The van der Waals surface area contributed by atoms with E-state index < -0.39 is 15.9 Å². The van der Waals surface area contributed by atoms with Crippen molar-refractivity contribution in [3.8, 4) is 11.3 Å². The molecule has 9 nitrogen and oxygen atoms in total. The normalized spacial score (nSPS) is 11.4. The van der Waals surface area contributed by atoms with E-state index in [1.807, 2.05) is 31.2 Å². The molecular weight excluding hydrogens is 530 g/mol. The van der Waals surface area contributed by atoms with Gasteiger partial charge in [0.2, 0.25) is 10.0 Å². The maximum absolute atomic E-state index is 12.6. The van der Waals surface area contributed by atoms with Crippen molar-refractivity contribution in [2.24, 2.45) is 5.10 Å². The SMILES string of the molecule is CCOC(=O)c1ccc(-c2ccc(/C=N\NC(=O)c3ccc(N(Cc4ccccc4C)S(C)(=O)=O)cc3)o2)cc1. The number of furan rings is 1. The molecule has 0 radical (unpaired) electrons. The van der Waals surface area contributed by atoms with Crippen LogP contribution in [0.15, 0.2) is 94.4 Å². The Morgan fingerprint density at radius 3 is 2.27 bits per heavy atom. The van der Waals surface area contributed by atoms with Crippen molar-refractivity contribution in [1.29, 1.82) is 0 Å². The zero-order valence-electron chi connectivity index (χ0n) is 22.3. The summed E-state index contributed by atoms with van der Waals surface area (Å²) in [6.45, 7) is 4.17. The smallest absolute Gasteiger partial charge is 0.338 e. The Morgan fingerprint density at radius 2 is 1.62 bits per heavy atom. The summed E-state index contributed by atoms with van der Waals surface area (Å²) in [4.78, 5) is 24.4. The highest BCUT2D eigenvalue weighted by atomic mass is 32.2. The Hall–Kier alpha value is -4.70. The summed E-state index contributed by atoms with van der Waals surface area (Å²) in [7, 11) is -3.56. The van der Waals surface area contributed by atoms with Crippen LogP contribution in [0, 0.1) is 6.92 Å². The third kappa shape index (κ3) is 7.03. The lowest BCUT2D eigenvalue weighted by Gasteiger charge is -2.23. The Labute approximate surface area is 233 Å². The van der Waals surface area contributed by atoms with Crippen molar-refractivity contribution in [2.75, 3.05) is 17.2 Å². The van der Waals surface area contributed by atoms with Crippen LogP contribution in [0.3, 0.4) is 0 Å². The molecule has 1 amide bonds. The van der Waals surface area contributed by atoms with Crippen LogP contribution < -0.4 is 9.73 Å². The minimum absolute atomic E-state index is 0.183. The lowest BCUT2D eigenvalue weighted by Crippen LogP contribution is -2.29. The van der Waals surface area contributed by atoms with Crippen molar-refractivity contribution in [3.63, 3.8) is 0 Å². The first-order valence-corrected chi connectivity index (χ1v) is 14.3. The highest BCUT2D eigenvalue weighted by molar-refractivity contribution is 7.92. The third-order valence-electron chi connectivity index (χ3n) is 6.06. The number of sulfonamides is 1. The van der Waals surface area contributed by atoms with Gasteiger partial charge in [-0.2, -0.15) is 5.10 Å². The monoisotopic (exact) mass is 559 g/mol. The second-order valence-electron chi connectivity index (χ2n) is 8.94. The number of nitrogens with one attached hydrogen (secondary N) is 1. The first-order chi connectivity index (χ1) is 19.2. The Kier molecular flexibility index (Phi) is 8.80. The van der Waals surface area contributed by atoms with Crippen molar-refractivity contribution in [2.45, 2.75) is 20.4 Å². The molecule has 1 N–H and O–H groups in total. The van der Waals surface area contributed by atoms with Crippen LogP contribution in [0.25, 0.3) is 11.3 Å². The van der Waals surface area contributed by atoms with Gasteiger partial charge in [-0.3, -0.25) is 9.10 Å². The van der Waals surface area contributed by atoms with Gasteiger partial charge in [0.1, 0.15) is 11.5 Å². The van der Waals surface area contributed by atoms with Gasteiger partial charge in [0.05, 0.1) is 36.9 Å². The molecule has 40 heavy (non-hydrogen) atoms. The summed E-state index contributed by atoms with van der Waals surface area (Å²) in [6, 6.07) is 24.1. The summed E-state index contributed by atoms with van der Waals surface area (Å²) in [5.41, 5.74) is 6.29. The number of amides is 1. The summed E-state index contributed by atoms with van der Waals surface area (Å²) in [5, 5.41) is 3.96. The minimum atomic E-state index is -3.56. The quantitative estimate of drug-likeness (QED) is 0.163. The van der Waals surface area contributed by atoms with Gasteiger partial charge < -0.3 is 9.15 Å². The second-order valence-corrected chi connectivity index (χ2v) is 10.8. The van der Waals surface area contributed by atoms with Gasteiger partial charge >= 0.3 is 5.97 Å². The number of hydrazone groups is 1. The van der Waals surface area contributed by atoms with Crippen LogP contribution in [0.2, 0.25) is 0 Å². The molecule has 4 rings (SSSR count). The molecule has 0 fully saturated rings. The Bertz CT molecular complexity index is 1620. The van der Waals surface area contributed by atoms with Gasteiger partial charge in [-0.1, -0.05) is 36.4 Å². The van der Waals surface area contributed by atoms with E-state index in [9.17, 15) is 18.0 Å². The van der Waals surface area contributed by atoms with Crippen LogP contribution in [-0.4, -0.2) is 39.4 Å². The van der Waals surface area contributed by atoms with Gasteiger partial charge in [-0.15, -0.1) is 0 Å². The highest BCUT2D eigenvalue weighted by Crippen LogP contribution is 2.24. The first kappa shape index (κ1) is 28.3. The second kappa shape index (κ2) is 12.4. The zero-order chi connectivity index (χ0) is 28.7. The van der Waals surface area contributed by atoms with Gasteiger partial charge in [-0.05, 0) is 73.5 Å². The van der Waals surface area contributed by atoms with E-state index in [-0.39, 0.29) is 12.5 Å². The summed E-state index contributed by atoms with van der Waals surface area (Å²) in [6.07, 6.45) is 2.52. The molecule has 4 aromatic rings. The topological polar surface area (TPSA) is 118 Å². The number of nitrogens with zero attached hydrogens (tertiary/aromatic N) is 2. The maximum atomic E-state index is 12.6. The number of hydrogen-bond donors (Lipinski definition) is 1. The predicted octanol–water partition coefficient (Wildman–Crippen LogP) is 5.16. The predicted molar refractivity (Wildman–Crippen MR) is 154 cm³/mol. The number of anilines is 1. The van der Waals surface area contributed by atoms with E-state index in [2.05, 4.69) is 10.5 Å². The van der Waals surface area contributed by atoms with Crippen molar-refractivity contribution in [3.05, 3.63) is 113 Å². The standard InChI is InChI=1S/C30H29N3O6S/c1-4-38-30(35)24-11-9-22(10-12-24)28-18-17-27(39-28)19-31-32-29(34)23-13-15-26(16-14-23)33(40(3,36)37)20-25-8-6-5-7-21(25)2/h5-19H,4,20H2,1-3H3,(H,32,34)/b31-19-. The number of aryl methyl sites for hydroxylation is 1. The van der Waals surface area contributed by atoms with E-state index in [4.69, 9.17) is 9.15 Å². The van der Waals surface area contributed by atoms with E-state index >= 15 is 0 Å². The molecule has 0 saturated carbocycles. The molecule has 1 heterocycles. The Morgan fingerprint density at radius 1 is 0.950 bits per heavy atom. The van der Waals surface area contributed by atoms with Gasteiger partial charge in [-0.25, -0.2) is 18.6 Å². The lowest BCUT2D eigenvalue weighted by atomic mass is 10.1. The molecule has 1 aromatic heterocycles. The zero-order valence-corrected chi connectivity index (χ0v) is 23.1. The third-order valence-corrected chi connectivity index (χ3v) is 7.20. The fourth-order valence-corrected chi connectivity index (χ4v) is 4.78. The number of carbonyl (C=O) groups excluding carboxylic acids is 2. The van der Waals surface area contributed by atoms with Crippen LogP contribution in [0.1, 0.15) is 44.5 Å². The largest absolute Gasteiger partial charge is 0.462 e. The number of ether oxygens (including phenoxy) is 1. The van der Waals surface area contributed by atoms with Crippen molar-refractivity contribution < 1.29 is 27.2 Å². The molecule has 0 spiro atoms. The molecule has 0 bridgehead atoms. The molecule has 0 aliphatic carbocycles. The van der Waals surface area contributed by atoms with Crippen LogP contribution in [0.5, 0.6) is 0 Å². The van der Waals surface area contributed by atoms with Gasteiger partial charge in [0.25, 0.3) is 5.91 Å². The number of hydrogen-bond acceptors (Lipinski definition) is 7. The van der Waals surface area contributed by atoms with Crippen molar-refractivity contribution in [1.82, 2.24) is 5.43 Å². The number of esters is 1. The van der Waals surface area contributed by atoms with E-state index in [1.165, 1.54) is 10.5 Å². The van der Waals surface area contributed by atoms with Gasteiger partial charge in [0, 0.05) is 11.1 Å². The minimum Gasteiger partial charge on any atom is -0.462 e. The molecule has 0 aliphatic rings.